The molecule has 1 rings (SSSR count). The van der Waals surface area contributed by atoms with Crippen molar-refractivity contribution < 1.29 is 9.67 Å². The number of aromatic nitrogens is 1. The summed E-state index contributed by atoms with van der Waals surface area (Å²) in [6.45, 7) is 5.67. The van der Waals surface area contributed by atoms with Crippen LogP contribution in [0.25, 0.3) is 0 Å². The zero-order valence-electron chi connectivity index (χ0n) is 6.57. The highest BCUT2D eigenvalue weighted by Gasteiger charge is 2.06. The predicted molar refractivity (Wildman–Crippen MR) is 43.2 cm³/mol. The summed E-state index contributed by atoms with van der Waals surface area (Å²) in [5.41, 5.74) is 0. The van der Waals surface area contributed by atoms with Crippen LogP contribution in [0, 0.1) is 0 Å². The average Bonchev–Trinajstić information content (AvgIpc) is 2.03. The van der Waals surface area contributed by atoms with E-state index in [1.807, 2.05) is 23.8 Å². The maximum atomic E-state index is 9.10. The Kier molecular flexibility index (Phi) is 2.26. The van der Waals surface area contributed by atoms with E-state index < -0.39 is 0 Å². The monoisotopic (exact) mass is 150 g/mol. The zero-order chi connectivity index (χ0) is 8.27. The van der Waals surface area contributed by atoms with Gasteiger partial charge in [-0.1, -0.05) is 6.58 Å². The van der Waals surface area contributed by atoms with Crippen molar-refractivity contribution in [3.63, 3.8) is 0 Å². The maximum absolute atomic E-state index is 9.10. The molecular weight excluding hydrogens is 138 g/mol. The molecule has 0 aromatic carbocycles. The third-order valence-electron chi connectivity index (χ3n) is 1.62. The first-order valence-electron chi connectivity index (χ1n) is 3.56. The molecule has 0 fully saturated rings. The van der Waals surface area contributed by atoms with Gasteiger partial charge in [0.25, 0.3) is 0 Å². The highest BCUT2D eigenvalue weighted by molar-refractivity contribution is 5.09. The molecule has 0 spiro atoms. The lowest BCUT2D eigenvalue weighted by Crippen LogP contribution is -2.35. The summed E-state index contributed by atoms with van der Waals surface area (Å²) in [4.78, 5) is 0. The topological polar surface area (TPSA) is 24.1 Å². The molecule has 1 heterocycles. The predicted octanol–water partition coefficient (Wildman–Crippen LogP) is 1.43. The van der Waals surface area contributed by atoms with E-state index in [4.69, 9.17) is 5.11 Å². The minimum absolute atomic E-state index is 0.224. The van der Waals surface area contributed by atoms with Gasteiger partial charge in [-0.2, -0.15) is 4.57 Å². The largest absolute Gasteiger partial charge is 0.503 e. The zero-order valence-corrected chi connectivity index (χ0v) is 6.57. The van der Waals surface area contributed by atoms with E-state index in [9.17, 15) is 0 Å². The first kappa shape index (κ1) is 7.79. The minimum Gasteiger partial charge on any atom is -0.503 e. The van der Waals surface area contributed by atoms with Crippen LogP contribution in [0.1, 0.15) is 13.0 Å². The minimum atomic E-state index is 0.224. The Morgan fingerprint density at radius 1 is 1.73 bits per heavy atom. The van der Waals surface area contributed by atoms with E-state index in [-0.39, 0.29) is 11.8 Å². The summed E-state index contributed by atoms with van der Waals surface area (Å²) < 4.78 is 1.89. The van der Waals surface area contributed by atoms with Crippen molar-refractivity contribution in [2.24, 2.45) is 0 Å². The van der Waals surface area contributed by atoms with Gasteiger partial charge >= 0.3 is 0 Å². The number of hydrogen-bond acceptors (Lipinski definition) is 1. The molecule has 0 bridgehead atoms. The lowest BCUT2D eigenvalue weighted by molar-refractivity contribution is -0.709. The first-order valence-corrected chi connectivity index (χ1v) is 3.56. The normalized spacial score (nSPS) is 12.5. The molecule has 1 N–H and O–H groups in total. The molecule has 0 radical (unpaired) electrons. The summed E-state index contributed by atoms with van der Waals surface area (Å²) >= 11 is 0. The summed E-state index contributed by atoms with van der Waals surface area (Å²) in [5.74, 6) is 0.279. The molecule has 0 amide bonds. The quantitative estimate of drug-likeness (QED) is 0.500. The van der Waals surface area contributed by atoms with Gasteiger partial charge in [0.2, 0.25) is 6.20 Å². The fourth-order valence-electron chi connectivity index (χ4n) is 0.855. The number of hydrogen-bond donors (Lipinski definition) is 1. The number of pyridine rings is 1. The van der Waals surface area contributed by atoms with Crippen LogP contribution in [-0.2, 0) is 0 Å². The van der Waals surface area contributed by atoms with Crippen molar-refractivity contribution >= 4 is 0 Å². The van der Waals surface area contributed by atoms with Gasteiger partial charge in [0.05, 0.1) is 0 Å². The lowest BCUT2D eigenvalue weighted by Gasteiger charge is -1.99. The Labute approximate surface area is 66.4 Å². The van der Waals surface area contributed by atoms with E-state index in [2.05, 4.69) is 6.58 Å². The van der Waals surface area contributed by atoms with Crippen LogP contribution < -0.4 is 4.57 Å². The lowest BCUT2D eigenvalue weighted by atomic mass is 10.3. The third kappa shape index (κ3) is 1.80. The number of rotatable bonds is 2. The van der Waals surface area contributed by atoms with Crippen molar-refractivity contribution in [3.8, 4) is 5.75 Å². The first-order chi connectivity index (χ1) is 5.24. The van der Waals surface area contributed by atoms with Crippen LogP contribution in [0.3, 0.4) is 0 Å². The highest BCUT2D eigenvalue weighted by atomic mass is 16.3. The van der Waals surface area contributed by atoms with Gasteiger partial charge in [-0.3, -0.25) is 0 Å². The number of allylic oxidation sites excluding steroid dienone is 1. The molecular formula is C9H12NO+. The van der Waals surface area contributed by atoms with Gasteiger partial charge < -0.3 is 5.11 Å². The van der Waals surface area contributed by atoms with Crippen LogP contribution in [-0.4, -0.2) is 5.11 Å². The fraction of sp³-hybridized carbons (Fsp3) is 0.222. The Hall–Kier alpha value is -1.31. The Bertz CT molecular complexity index is 257. The SMILES string of the molecule is C=CC(C)[n+]1cccc(O)c1. The molecule has 1 aromatic rings. The van der Waals surface area contributed by atoms with Crippen molar-refractivity contribution in [1.29, 1.82) is 0 Å². The van der Waals surface area contributed by atoms with Crippen LogP contribution in [0.15, 0.2) is 37.2 Å². The van der Waals surface area contributed by atoms with Gasteiger partial charge in [0.15, 0.2) is 18.0 Å². The van der Waals surface area contributed by atoms with Gasteiger partial charge in [-0.25, -0.2) is 0 Å². The molecule has 0 aliphatic rings. The van der Waals surface area contributed by atoms with E-state index in [0.717, 1.165) is 0 Å². The van der Waals surface area contributed by atoms with Crippen molar-refractivity contribution in [2.75, 3.05) is 0 Å². The second kappa shape index (κ2) is 3.19. The summed E-state index contributed by atoms with van der Waals surface area (Å²) in [6, 6.07) is 3.67. The molecule has 0 aliphatic heterocycles. The third-order valence-corrected chi connectivity index (χ3v) is 1.62. The van der Waals surface area contributed by atoms with Gasteiger partial charge in [0.1, 0.15) is 0 Å². The summed E-state index contributed by atoms with van der Waals surface area (Å²) in [6.07, 6.45) is 5.39. The van der Waals surface area contributed by atoms with Crippen molar-refractivity contribution in [2.45, 2.75) is 13.0 Å². The molecule has 11 heavy (non-hydrogen) atoms. The maximum Gasteiger partial charge on any atom is 0.211 e. The fourth-order valence-corrected chi connectivity index (χ4v) is 0.855. The Balaban J connectivity index is 2.95. The molecule has 58 valence electrons. The van der Waals surface area contributed by atoms with E-state index >= 15 is 0 Å². The Morgan fingerprint density at radius 2 is 2.45 bits per heavy atom. The van der Waals surface area contributed by atoms with Gasteiger partial charge in [0, 0.05) is 13.0 Å². The molecule has 0 saturated carbocycles. The second-order valence-corrected chi connectivity index (χ2v) is 2.49. The molecule has 1 unspecified atom stereocenters. The standard InChI is InChI=1S/C9H11NO/c1-3-8(2)10-6-4-5-9(11)7-10/h3-8H,1H2,2H3/p+1. The number of nitrogens with zero attached hydrogens (tertiary/aromatic N) is 1. The van der Waals surface area contributed by atoms with E-state index in [0.29, 0.717) is 0 Å². The van der Waals surface area contributed by atoms with E-state index in [1.54, 1.807) is 18.3 Å². The Morgan fingerprint density at radius 3 is 3.00 bits per heavy atom. The van der Waals surface area contributed by atoms with Crippen LogP contribution in [0.5, 0.6) is 5.75 Å². The summed E-state index contributed by atoms with van der Waals surface area (Å²) in [5, 5.41) is 9.10. The molecule has 0 saturated heterocycles. The average molecular weight is 150 g/mol. The smallest absolute Gasteiger partial charge is 0.211 e. The number of aromatic hydroxyl groups is 1. The molecule has 2 nitrogen and oxygen atoms in total. The molecule has 0 aliphatic carbocycles. The summed E-state index contributed by atoms with van der Waals surface area (Å²) in [7, 11) is 0. The van der Waals surface area contributed by atoms with E-state index in [1.165, 1.54) is 0 Å². The molecule has 1 aromatic heterocycles. The molecule has 2 heteroatoms. The van der Waals surface area contributed by atoms with Crippen LogP contribution >= 0.6 is 0 Å². The molecule has 1 atom stereocenters. The van der Waals surface area contributed by atoms with Crippen molar-refractivity contribution in [1.82, 2.24) is 0 Å². The van der Waals surface area contributed by atoms with Gasteiger partial charge in [-0.05, 0) is 12.1 Å². The highest BCUT2D eigenvalue weighted by Crippen LogP contribution is 2.03. The van der Waals surface area contributed by atoms with Crippen LogP contribution in [0.4, 0.5) is 0 Å². The van der Waals surface area contributed by atoms with Crippen molar-refractivity contribution in [3.05, 3.63) is 37.2 Å². The second-order valence-electron chi connectivity index (χ2n) is 2.49. The van der Waals surface area contributed by atoms with Gasteiger partial charge in [-0.15, -0.1) is 0 Å². The van der Waals surface area contributed by atoms with Crippen LogP contribution in [0.2, 0.25) is 0 Å².